The van der Waals surface area contributed by atoms with Crippen molar-refractivity contribution in [2.24, 2.45) is 0 Å². The standard InChI is InChI=1S/C46H43N3/c1-2-3-4-5-6-7-8-17-30-47-41-28-26-33(48-43-22-13-9-18-35(43)36-19-10-14-23-44(36)48)31-39(41)40-32-34(27-29-42(40)47)49-45-24-15-11-20-37(45)38-21-12-16-25-46(38)49/h9-16,18-29,31-32H,2-8,17,30H2,1H3. The number of nitrogens with zero attached hydrogens (tertiary/aromatic N) is 3. The number of aryl methyl sites for hydroxylation is 1. The zero-order valence-electron chi connectivity index (χ0n) is 28.4. The SMILES string of the molecule is CCCCCCCCCCn1c2ccc(-n3c4ccccc4c4ccccc43)cc2c2cc(-n3c4ccccc4c4ccccc43)ccc21. The van der Waals surface area contributed by atoms with Crippen molar-refractivity contribution in [3.63, 3.8) is 0 Å². The maximum absolute atomic E-state index is 2.59. The fraction of sp³-hybridized carbons (Fsp3) is 0.217. The van der Waals surface area contributed by atoms with E-state index in [1.54, 1.807) is 0 Å². The van der Waals surface area contributed by atoms with Crippen molar-refractivity contribution in [3.8, 4) is 11.4 Å². The number of unbranched alkanes of at least 4 members (excludes halogenated alkanes) is 7. The molecule has 3 heteroatoms. The van der Waals surface area contributed by atoms with Crippen LogP contribution in [0, 0.1) is 0 Å². The fourth-order valence-electron chi connectivity index (χ4n) is 8.40. The van der Waals surface area contributed by atoms with Gasteiger partial charge in [-0.25, -0.2) is 0 Å². The molecular weight excluding hydrogens is 595 g/mol. The van der Waals surface area contributed by atoms with E-state index in [1.165, 1.54) is 128 Å². The minimum absolute atomic E-state index is 1.04. The second kappa shape index (κ2) is 12.6. The first-order valence-corrected chi connectivity index (χ1v) is 18.3. The van der Waals surface area contributed by atoms with Crippen LogP contribution in [-0.2, 0) is 6.54 Å². The third-order valence-corrected chi connectivity index (χ3v) is 10.7. The number of hydrogen-bond acceptors (Lipinski definition) is 0. The van der Waals surface area contributed by atoms with E-state index < -0.39 is 0 Å². The predicted molar refractivity (Wildman–Crippen MR) is 211 cm³/mol. The summed E-state index contributed by atoms with van der Waals surface area (Å²) >= 11 is 0. The van der Waals surface area contributed by atoms with Gasteiger partial charge in [0, 0.05) is 61.3 Å². The molecule has 9 aromatic rings. The molecule has 0 aliphatic rings. The molecule has 49 heavy (non-hydrogen) atoms. The molecule has 0 N–H and O–H groups in total. The van der Waals surface area contributed by atoms with E-state index in [2.05, 4.69) is 154 Å². The zero-order chi connectivity index (χ0) is 32.7. The van der Waals surface area contributed by atoms with Gasteiger partial charge in [0.15, 0.2) is 0 Å². The summed E-state index contributed by atoms with van der Waals surface area (Å²) < 4.78 is 7.48. The lowest BCUT2D eigenvalue weighted by molar-refractivity contribution is 0.553. The van der Waals surface area contributed by atoms with Crippen molar-refractivity contribution in [2.45, 2.75) is 64.8 Å². The van der Waals surface area contributed by atoms with Crippen LogP contribution >= 0.6 is 0 Å². The highest BCUT2D eigenvalue weighted by atomic mass is 15.0. The minimum atomic E-state index is 1.04. The van der Waals surface area contributed by atoms with E-state index in [0.29, 0.717) is 0 Å². The number of hydrogen-bond donors (Lipinski definition) is 0. The van der Waals surface area contributed by atoms with E-state index in [4.69, 9.17) is 0 Å². The molecule has 0 spiro atoms. The van der Waals surface area contributed by atoms with Crippen LogP contribution in [0.1, 0.15) is 58.3 Å². The van der Waals surface area contributed by atoms with Crippen LogP contribution in [0.4, 0.5) is 0 Å². The highest BCUT2D eigenvalue weighted by Crippen LogP contribution is 2.38. The smallest absolute Gasteiger partial charge is 0.0541 e. The Balaban J connectivity index is 1.20. The molecule has 0 saturated heterocycles. The van der Waals surface area contributed by atoms with E-state index in [0.717, 1.165) is 6.54 Å². The zero-order valence-corrected chi connectivity index (χ0v) is 28.4. The molecule has 0 bridgehead atoms. The quantitative estimate of drug-likeness (QED) is 0.125. The van der Waals surface area contributed by atoms with Gasteiger partial charge in [-0.15, -0.1) is 0 Å². The van der Waals surface area contributed by atoms with Crippen molar-refractivity contribution in [1.29, 1.82) is 0 Å². The number of para-hydroxylation sites is 4. The molecular formula is C46H43N3. The average Bonchev–Trinajstić information content (AvgIpc) is 3.78. The van der Waals surface area contributed by atoms with Crippen LogP contribution in [0.5, 0.6) is 0 Å². The Kier molecular flexibility index (Phi) is 7.69. The van der Waals surface area contributed by atoms with E-state index in [1.807, 2.05) is 0 Å². The van der Waals surface area contributed by atoms with Crippen molar-refractivity contribution in [1.82, 2.24) is 13.7 Å². The molecule has 3 aromatic heterocycles. The van der Waals surface area contributed by atoms with E-state index in [9.17, 15) is 0 Å². The van der Waals surface area contributed by atoms with Gasteiger partial charge in [-0.2, -0.15) is 0 Å². The minimum Gasteiger partial charge on any atom is -0.340 e. The Labute approximate surface area is 288 Å². The molecule has 9 rings (SSSR count). The summed E-state index contributed by atoms with van der Waals surface area (Å²) in [4.78, 5) is 0. The van der Waals surface area contributed by atoms with Gasteiger partial charge < -0.3 is 13.7 Å². The Morgan fingerprint density at radius 1 is 0.347 bits per heavy atom. The fourth-order valence-corrected chi connectivity index (χ4v) is 8.40. The van der Waals surface area contributed by atoms with Gasteiger partial charge in [-0.05, 0) is 67.1 Å². The van der Waals surface area contributed by atoms with Crippen LogP contribution in [0.3, 0.4) is 0 Å². The summed E-state index contributed by atoms with van der Waals surface area (Å²) in [6, 6.07) is 49.5. The van der Waals surface area contributed by atoms with Crippen molar-refractivity contribution < 1.29 is 0 Å². The van der Waals surface area contributed by atoms with Crippen molar-refractivity contribution >= 4 is 65.4 Å². The second-order valence-electron chi connectivity index (χ2n) is 13.8. The van der Waals surface area contributed by atoms with Gasteiger partial charge >= 0.3 is 0 Å². The van der Waals surface area contributed by atoms with Crippen LogP contribution in [0.2, 0.25) is 0 Å². The van der Waals surface area contributed by atoms with E-state index >= 15 is 0 Å². The highest BCUT2D eigenvalue weighted by molar-refractivity contribution is 6.13. The van der Waals surface area contributed by atoms with Crippen molar-refractivity contribution in [3.05, 3.63) is 133 Å². The Morgan fingerprint density at radius 3 is 1.12 bits per heavy atom. The summed E-state index contributed by atoms with van der Waals surface area (Å²) in [5.41, 5.74) is 10.0. The summed E-state index contributed by atoms with van der Waals surface area (Å²) in [5, 5.41) is 7.81. The largest absolute Gasteiger partial charge is 0.340 e. The number of fused-ring (bicyclic) bond motifs is 9. The molecule has 0 aliphatic carbocycles. The van der Waals surface area contributed by atoms with E-state index in [-0.39, 0.29) is 0 Å². The van der Waals surface area contributed by atoms with Gasteiger partial charge in [-0.1, -0.05) is 125 Å². The van der Waals surface area contributed by atoms with Crippen LogP contribution in [0.15, 0.2) is 133 Å². The lowest BCUT2D eigenvalue weighted by atomic mass is 10.1. The molecule has 6 aromatic carbocycles. The van der Waals surface area contributed by atoms with Crippen LogP contribution < -0.4 is 0 Å². The summed E-state index contributed by atoms with van der Waals surface area (Å²) in [7, 11) is 0. The lowest BCUT2D eigenvalue weighted by Crippen LogP contribution is -1.99. The topological polar surface area (TPSA) is 14.8 Å². The second-order valence-corrected chi connectivity index (χ2v) is 13.8. The molecule has 242 valence electrons. The maximum atomic E-state index is 2.59. The molecule has 3 heterocycles. The summed E-state index contributed by atoms with van der Waals surface area (Å²) in [6.45, 7) is 3.34. The van der Waals surface area contributed by atoms with Gasteiger partial charge in [0.2, 0.25) is 0 Å². The Morgan fingerprint density at radius 2 is 0.714 bits per heavy atom. The monoisotopic (exact) mass is 637 g/mol. The number of benzene rings is 6. The summed E-state index contributed by atoms with van der Waals surface area (Å²) in [6.07, 6.45) is 10.6. The molecule has 0 saturated carbocycles. The Hall–Kier alpha value is -5.28. The lowest BCUT2D eigenvalue weighted by Gasteiger charge is -2.10. The average molecular weight is 638 g/mol. The van der Waals surface area contributed by atoms with Gasteiger partial charge in [-0.3, -0.25) is 0 Å². The van der Waals surface area contributed by atoms with Gasteiger partial charge in [0.25, 0.3) is 0 Å². The normalized spacial score (nSPS) is 12.1. The van der Waals surface area contributed by atoms with Crippen LogP contribution in [-0.4, -0.2) is 13.7 Å². The number of aromatic nitrogens is 3. The predicted octanol–water partition coefficient (Wildman–Crippen LogP) is 13.1. The third kappa shape index (κ3) is 5.03. The highest BCUT2D eigenvalue weighted by Gasteiger charge is 2.18. The molecule has 0 fully saturated rings. The Bertz CT molecular complexity index is 2330. The maximum Gasteiger partial charge on any atom is 0.0541 e. The molecule has 0 aliphatic heterocycles. The molecule has 0 radical (unpaired) electrons. The molecule has 0 unspecified atom stereocenters. The van der Waals surface area contributed by atoms with Gasteiger partial charge in [0.1, 0.15) is 0 Å². The number of rotatable bonds is 11. The first kappa shape index (κ1) is 29.8. The molecule has 0 atom stereocenters. The van der Waals surface area contributed by atoms with Crippen LogP contribution in [0.25, 0.3) is 76.8 Å². The van der Waals surface area contributed by atoms with Gasteiger partial charge in [0.05, 0.1) is 22.1 Å². The molecule has 0 amide bonds. The summed E-state index contributed by atoms with van der Waals surface area (Å²) in [5.74, 6) is 0. The third-order valence-electron chi connectivity index (χ3n) is 10.7. The first-order chi connectivity index (χ1) is 24.3. The molecule has 3 nitrogen and oxygen atoms in total. The van der Waals surface area contributed by atoms with Crippen molar-refractivity contribution in [2.75, 3.05) is 0 Å². The first-order valence-electron chi connectivity index (χ1n) is 18.3.